The number of carbonyl (C=O) groups excluding carboxylic acids is 3. The van der Waals surface area contributed by atoms with Gasteiger partial charge in [0.05, 0.1) is 0 Å². The fraction of sp³-hybridized carbons (Fsp3) is 0.667. The minimum absolute atomic E-state index is 0.121. The van der Waals surface area contributed by atoms with Gasteiger partial charge in [-0.25, -0.2) is 0 Å². The Morgan fingerprint density at radius 2 is 0.719 bits per heavy atom. The maximum Gasteiger partial charge on any atom is 0.306 e. The Labute approximate surface area is 350 Å². The lowest BCUT2D eigenvalue weighted by Gasteiger charge is -2.18. The highest BCUT2D eigenvalue weighted by Crippen LogP contribution is 2.12. The molecule has 1 atom stereocenters. The van der Waals surface area contributed by atoms with E-state index in [1.165, 1.54) is 83.5 Å². The van der Waals surface area contributed by atoms with Crippen LogP contribution in [0.1, 0.15) is 201 Å². The van der Waals surface area contributed by atoms with Gasteiger partial charge in [0.2, 0.25) is 0 Å². The lowest BCUT2D eigenvalue weighted by molar-refractivity contribution is -0.166. The van der Waals surface area contributed by atoms with Crippen molar-refractivity contribution in [3.63, 3.8) is 0 Å². The van der Waals surface area contributed by atoms with Crippen molar-refractivity contribution in [2.24, 2.45) is 0 Å². The van der Waals surface area contributed by atoms with Gasteiger partial charge in [0, 0.05) is 19.3 Å². The number of esters is 3. The molecule has 0 aliphatic rings. The summed E-state index contributed by atoms with van der Waals surface area (Å²) in [5.41, 5.74) is 0. The third kappa shape index (κ3) is 43.6. The van der Waals surface area contributed by atoms with Gasteiger partial charge in [0.15, 0.2) is 6.10 Å². The number of ether oxygens (including phenoxy) is 3. The molecular formula is C51H84O6. The molecule has 324 valence electrons. The minimum atomic E-state index is -0.833. The van der Waals surface area contributed by atoms with Crippen molar-refractivity contribution >= 4 is 17.9 Å². The second kappa shape index (κ2) is 45.3. The number of allylic oxidation sites excluding steroid dienone is 14. The zero-order chi connectivity index (χ0) is 41.5. The Morgan fingerprint density at radius 1 is 0.368 bits per heavy atom. The molecule has 0 saturated carbocycles. The maximum atomic E-state index is 12.7. The summed E-state index contributed by atoms with van der Waals surface area (Å²) in [6.07, 6.45) is 57.3. The molecule has 0 fully saturated rings. The number of hydrogen-bond donors (Lipinski definition) is 0. The summed E-state index contributed by atoms with van der Waals surface area (Å²) in [4.78, 5) is 37.7. The zero-order valence-electron chi connectivity index (χ0n) is 36.8. The van der Waals surface area contributed by atoms with E-state index in [2.05, 4.69) is 87.6 Å². The minimum Gasteiger partial charge on any atom is -0.462 e. The summed E-state index contributed by atoms with van der Waals surface area (Å²) >= 11 is 0. The molecule has 0 aliphatic carbocycles. The molecule has 0 aromatic carbocycles. The molecule has 6 nitrogen and oxygen atoms in total. The summed E-state index contributed by atoms with van der Waals surface area (Å²) in [6, 6.07) is 0. The molecule has 0 radical (unpaired) electrons. The van der Waals surface area contributed by atoms with Gasteiger partial charge in [-0.05, 0) is 70.6 Å². The Bertz CT molecular complexity index is 1140. The summed E-state index contributed by atoms with van der Waals surface area (Å²) < 4.78 is 16.6. The lowest BCUT2D eigenvalue weighted by atomic mass is 10.1. The quantitative estimate of drug-likeness (QED) is 0.0266. The van der Waals surface area contributed by atoms with Crippen molar-refractivity contribution in [3.05, 3.63) is 85.1 Å². The Kier molecular flexibility index (Phi) is 42.6. The highest BCUT2D eigenvalue weighted by atomic mass is 16.6. The second-order valence-corrected chi connectivity index (χ2v) is 14.9. The van der Waals surface area contributed by atoms with E-state index in [4.69, 9.17) is 14.2 Å². The molecule has 0 N–H and O–H groups in total. The topological polar surface area (TPSA) is 78.9 Å². The number of carbonyl (C=O) groups is 3. The van der Waals surface area contributed by atoms with Crippen molar-refractivity contribution in [3.8, 4) is 0 Å². The van der Waals surface area contributed by atoms with Crippen molar-refractivity contribution < 1.29 is 28.6 Å². The van der Waals surface area contributed by atoms with Crippen LogP contribution in [0.5, 0.6) is 0 Å². The van der Waals surface area contributed by atoms with Crippen LogP contribution in [0.4, 0.5) is 0 Å². The smallest absolute Gasteiger partial charge is 0.306 e. The van der Waals surface area contributed by atoms with Gasteiger partial charge in [0.1, 0.15) is 13.2 Å². The molecule has 0 saturated heterocycles. The summed E-state index contributed by atoms with van der Waals surface area (Å²) in [5.74, 6) is -1.09. The molecule has 0 amide bonds. The highest BCUT2D eigenvalue weighted by Gasteiger charge is 2.19. The van der Waals surface area contributed by atoms with E-state index in [9.17, 15) is 14.4 Å². The summed E-state index contributed by atoms with van der Waals surface area (Å²) in [5, 5.41) is 0. The lowest BCUT2D eigenvalue weighted by Crippen LogP contribution is -2.30. The van der Waals surface area contributed by atoms with E-state index in [0.717, 1.165) is 64.2 Å². The molecule has 0 spiro atoms. The monoisotopic (exact) mass is 793 g/mol. The van der Waals surface area contributed by atoms with Crippen molar-refractivity contribution in [2.45, 2.75) is 207 Å². The molecule has 0 heterocycles. The first-order chi connectivity index (χ1) is 28.0. The van der Waals surface area contributed by atoms with Crippen molar-refractivity contribution in [2.75, 3.05) is 13.2 Å². The molecule has 0 aromatic heterocycles. The van der Waals surface area contributed by atoms with Gasteiger partial charge >= 0.3 is 17.9 Å². The van der Waals surface area contributed by atoms with Crippen LogP contribution < -0.4 is 0 Å². The van der Waals surface area contributed by atoms with E-state index in [-0.39, 0.29) is 38.0 Å². The van der Waals surface area contributed by atoms with Crippen LogP contribution in [0.2, 0.25) is 0 Å². The Balaban J connectivity index is 4.56. The third-order valence-electron chi connectivity index (χ3n) is 9.41. The van der Waals surface area contributed by atoms with Crippen LogP contribution in [0.15, 0.2) is 85.1 Å². The van der Waals surface area contributed by atoms with Crippen LogP contribution in [0.3, 0.4) is 0 Å². The van der Waals surface area contributed by atoms with E-state index < -0.39 is 12.1 Å². The van der Waals surface area contributed by atoms with Crippen LogP contribution in [-0.4, -0.2) is 37.2 Å². The summed E-state index contributed by atoms with van der Waals surface area (Å²) in [7, 11) is 0. The molecule has 0 aromatic rings. The van der Waals surface area contributed by atoms with Crippen LogP contribution >= 0.6 is 0 Å². The molecule has 6 heteroatoms. The number of rotatable bonds is 40. The normalized spacial score (nSPS) is 12.8. The largest absolute Gasteiger partial charge is 0.462 e. The summed E-state index contributed by atoms with van der Waals surface area (Å²) in [6.45, 7) is 6.36. The Hall–Kier alpha value is -3.41. The van der Waals surface area contributed by atoms with Gasteiger partial charge in [-0.15, -0.1) is 0 Å². The molecule has 0 aliphatic heterocycles. The first kappa shape index (κ1) is 53.6. The van der Waals surface area contributed by atoms with E-state index in [1.54, 1.807) is 0 Å². The average Bonchev–Trinajstić information content (AvgIpc) is 3.21. The fourth-order valence-electron chi connectivity index (χ4n) is 5.95. The maximum absolute atomic E-state index is 12.7. The van der Waals surface area contributed by atoms with Gasteiger partial charge in [-0.3, -0.25) is 14.4 Å². The SMILES string of the molecule is CC/C=C\C/C=C\C/C=C\C/C=C\C/C=C\CCC(=O)OCC(COC(=O)CCCCCCCCCCCC)OC(=O)CC/C=C\C/C=C\CCCCCCCC. The first-order valence-electron chi connectivity index (χ1n) is 23.1. The molecule has 1 unspecified atom stereocenters. The van der Waals surface area contributed by atoms with E-state index >= 15 is 0 Å². The van der Waals surface area contributed by atoms with Gasteiger partial charge < -0.3 is 14.2 Å². The molecular weight excluding hydrogens is 709 g/mol. The van der Waals surface area contributed by atoms with Crippen LogP contribution in [0, 0.1) is 0 Å². The second-order valence-electron chi connectivity index (χ2n) is 14.9. The molecule has 0 bridgehead atoms. The van der Waals surface area contributed by atoms with Gasteiger partial charge in [0.25, 0.3) is 0 Å². The van der Waals surface area contributed by atoms with E-state index in [0.29, 0.717) is 19.3 Å². The Morgan fingerprint density at radius 3 is 1.18 bits per heavy atom. The number of hydrogen-bond acceptors (Lipinski definition) is 6. The zero-order valence-corrected chi connectivity index (χ0v) is 36.8. The van der Waals surface area contributed by atoms with Gasteiger partial charge in [-0.2, -0.15) is 0 Å². The van der Waals surface area contributed by atoms with Crippen LogP contribution in [-0.2, 0) is 28.6 Å². The van der Waals surface area contributed by atoms with Gasteiger partial charge in [-0.1, -0.05) is 196 Å². The molecule has 57 heavy (non-hydrogen) atoms. The van der Waals surface area contributed by atoms with Crippen LogP contribution in [0.25, 0.3) is 0 Å². The van der Waals surface area contributed by atoms with E-state index in [1.807, 2.05) is 18.2 Å². The fourth-order valence-corrected chi connectivity index (χ4v) is 5.95. The first-order valence-corrected chi connectivity index (χ1v) is 23.1. The number of unbranched alkanes of at least 4 members (excludes halogenated alkanes) is 15. The third-order valence-corrected chi connectivity index (χ3v) is 9.41. The standard InChI is InChI=1S/C51H84O6/c1-4-7-10-13-16-19-22-24-25-26-28-29-32-35-38-41-44-50(53)56-47-48(46-55-49(52)43-40-37-34-31-21-18-15-12-9-6-3)57-51(54)45-42-39-36-33-30-27-23-20-17-14-11-8-5-2/h7,10,16,19,24-25,27-30,35-36,38-39,48H,4-6,8-9,11-15,17-18,20-23,26,31-34,37,40-47H2,1-3H3/b10-7-,19-16-,25-24-,29-28-,30-27-,38-35-,39-36-. The predicted molar refractivity (Wildman–Crippen MR) is 242 cm³/mol. The van der Waals surface area contributed by atoms with Crippen molar-refractivity contribution in [1.82, 2.24) is 0 Å². The predicted octanol–water partition coefficient (Wildman–Crippen LogP) is 14.9. The van der Waals surface area contributed by atoms with Crippen molar-refractivity contribution in [1.29, 1.82) is 0 Å². The molecule has 0 rings (SSSR count). The average molecular weight is 793 g/mol. The highest BCUT2D eigenvalue weighted by molar-refractivity contribution is 5.71.